The summed E-state index contributed by atoms with van der Waals surface area (Å²) in [6.45, 7) is 0.0101. The SMILES string of the molecule is COCCN(CCO)S(=O)(=O)c1ccccc1C#N. The maximum Gasteiger partial charge on any atom is 0.244 e. The van der Waals surface area contributed by atoms with Crippen LogP contribution < -0.4 is 0 Å². The van der Waals surface area contributed by atoms with Gasteiger partial charge in [-0.25, -0.2) is 8.42 Å². The molecule has 1 N–H and O–H groups in total. The van der Waals surface area contributed by atoms with Gasteiger partial charge >= 0.3 is 0 Å². The van der Waals surface area contributed by atoms with E-state index in [1.807, 2.05) is 6.07 Å². The molecule has 1 rings (SSSR count). The maximum atomic E-state index is 12.4. The van der Waals surface area contributed by atoms with Crippen molar-refractivity contribution in [3.05, 3.63) is 29.8 Å². The van der Waals surface area contributed by atoms with Crippen molar-refractivity contribution in [1.29, 1.82) is 5.26 Å². The van der Waals surface area contributed by atoms with Gasteiger partial charge in [-0.2, -0.15) is 9.57 Å². The minimum Gasteiger partial charge on any atom is -0.395 e. The van der Waals surface area contributed by atoms with Gasteiger partial charge in [-0.1, -0.05) is 12.1 Å². The number of aliphatic hydroxyl groups excluding tert-OH is 1. The van der Waals surface area contributed by atoms with Crippen molar-refractivity contribution >= 4 is 10.0 Å². The normalized spacial score (nSPS) is 11.5. The van der Waals surface area contributed by atoms with Crippen LogP contribution in [0.5, 0.6) is 0 Å². The predicted molar refractivity (Wildman–Crippen MR) is 68.9 cm³/mol. The first-order valence-corrected chi connectivity index (χ1v) is 7.11. The fraction of sp³-hybridized carbons (Fsp3) is 0.417. The van der Waals surface area contributed by atoms with Gasteiger partial charge in [0.05, 0.1) is 23.7 Å². The minimum absolute atomic E-state index is 0.0363. The van der Waals surface area contributed by atoms with Crippen LogP contribution in [0.3, 0.4) is 0 Å². The molecule has 0 bridgehead atoms. The summed E-state index contributed by atoms with van der Waals surface area (Å²) in [5, 5.41) is 17.9. The Morgan fingerprint density at radius 1 is 1.37 bits per heavy atom. The van der Waals surface area contributed by atoms with E-state index in [1.54, 1.807) is 12.1 Å². The predicted octanol–water partition coefficient (Wildman–Crippen LogP) is 0.188. The standard InChI is InChI=1S/C12H16N2O4S/c1-18-9-7-14(6-8-15)19(16,17)12-5-3-2-4-11(12)10-13/h2-5,15H,6-9H2,1H3. The molecule has 0 saturated carbocycles. The van der Waals surface area contributed by atoms with Gasteiger partial charge in [0.1, 0.15) is 6.07 Å². The summed E-state index contributed by atoms with van der Waals surface area (Å²) in [7, 11) is -2.34. The van der Waals surface area contributed by atoms with E-state index in [-0.39, 0.29) is 36.8 Å². The monoisotopic (exact) mass is 284 g/mol. The lowest BCUT2D eigenvalue weighted by Gasteiger charge is -2.21. The van der Waals surface area contributed by atoms with Crippen LogP contribution in [0.15, 0.2) is 29.2 Å². The van der Waals surface area contributed by atoms with Gasteiger partial charge in [0.15, 0.2) is 0 Å². The molecule has 0 atom stereocenters. The summed E-state index contributed by atoms with van der Waals surface area (Å²) < 4.78 is 30.8. The summed E-state index contributed by atoms with van der Waals surface area (Å²) in [6, 6.07) is 7.84. The van der Waals surface area contributed by atoms with Gasteiger partial charge in [-0.3, -0.25) is 0 Å². The molecular formula is C12H16N2O4S. The molecule has 0 heterocycles. The molecule has 0 amide bonds. The number of aliphatic hydroxyl groups is 1. The second kappa shape index (κ2) is 7.21. The second-order valence-corrected chi connectivity index (χ2v) is 5.63. The quantitative estimate of drug-likeness (QED) is 0.771. The van der Waals surface area contributed by atoms with Gasteiger partial charge in [-0.05, 0) is 12.1 Å². The van der Waals surface area contributed by atoms with Crippen LogP contribution in [0.1, 0.15) is 5.56 Å². The van der Waals surface area contributed by atoms with E-state index < -0.39 is 10.0 Å². The van der Waals surface area contributed by atoms with Crippen molar-refractivity contribution in [2.45, 2.75) is 4.90 Å². The number of rotatable bonds is 7. The molecule has 0 radical (unpaired) electrons. The molecule has 1 aromatic rings. The number of nitriles is 1. The average molecular weight is 284 g/mol. The highest BCUT2D eigenvalue weighted by Crippen LogP contribution is 2.19. The summed E-state index contributed by atoms with van der Waals surface area (Å²) in [5.74, 6) is 0. The fourth-order valence-corrected chi connectivity index (χ4v) is 3.14. The molecule has 0 aliphatic carbocycles. The van der Waals surface area contributed by atoms with Crippen LogP contribution in [-0.2, 0) is 14.8 Å². The lowest BCUT2D eigenvalue weighted by molar-refractivity contribution is 0.168. The second-order valence-electron chi connectivity index (χ2n) is 3.73. The molecular weight excluding hydrogens is 268 g/mol. The average Bonchev–Trinajstić information content (AvgIpc) is 2.43. The highest BCUT2D eigenvalue weighted by Gasteiger charge is 2.26. The lowest BCUT2D eigenvalue weighted by Crippen LogP contribution is -2.36. The van der Waals surface area contributed by atoms with Crippen LogP contribution in [0.4, 0.5) is 0 Å². The Morgan fingerprint density at radius 2 is 2.05 bits per heavy atom. The third-order valence-electron chi connectivity index (χ3n) is 2.52. The first kappa shape index (κ1) is 15.6. The van der Waals surface area contributed by atoms with Gasteiger partial charge in [-0.15, -0.1) is 0 Å². The molecule has 0 saturated heterocycles. The van der Waals surface area contributed by atoms with Crippen LogP contribution in [0, 0.1) is 11.3 Å². The summed E-state index contributed by atoms with van der Waals surface area (Å²) in [4.78, 5) is -0.0537. The first-order valence-electron chi connectivity index (χ1n) is 5.67. The summed E-state index contributed by atoms with van der Waals surface area (Å²) >= 11 is 0. The van der Waals surface area contributed by atoms with Gasteiger partial charge in [0.25, 0.3) is 0 Å². The molecule has 7 heteroatoms. The zero-order valence-electron chi connectivity index (χ0n) is 10.6. The van der Waals surface area contributed by atoms with Crippen molar-refractivity contribution in [2.75, 3.05) is 33.4 Å². The van der Waals surface area contributed by atoms with E-state index in [9.17, 15) is 8.42 Å². The van der Waals surface area contributed by atoms with Crippen molar-refractivity contribution in [3.8, 4) is 6.07 Å². The number of nitrogens with zero attached hydrogens (tertiary/aromatic N) is 2. The fourth-order valence-electron chi connectivity index (χ4n) is 1.58. The van der Waals surface area contributed by atoms with E-state index in [1.165, 1.54) is 19.2 Å². The van der Waals surface area contributed by atoms with E-state index in [4.69, 9.17) is 15.1 Å². The molecule has 0 aliphatic rings. The Morgan fingerprint density at radius 3 is 2.63 bits per heavy atom. The van der Waals surface area contributed by atoms with Gasteiger partial charge < -0.3 is 9.84 Å². The highest BCUT2D eigenvalue weighted by atomic mass is 32.2. The van der Waals surface area contributed by atoms with E-state index in [0.29, 0.717) is 0 Å². The Hall–Kier alpha value is -1.46. The van der Waals surface area contributed by atoms with Crippen molar-refractivity contribution < 1.29 is 18.3 Å². The molecule has 0 spiro atoms. The summed E-state index contributed by atoms with van der Waals surface area (Å²) in [5.41, 5.74) is 0.0860. The molecule has 0 fully saturated rings. The van der Waals surface area contributed by atoms with Crippen molar-refractivity contribution in [1.82, 2.24) is 4.31 Å². The zero-order chi connectivity index (χ0) is 14.3. The Bertz CT molecular complexity index is 551. The minimum atomic E-state index is -3.81. The molecule has 1 aromatic carbocycles. The Balaban J connectivity index is 3.15. The number of ether oxygens (including phenoxy) is 1. The van der Waals surface area contributed by atoms with Crippen LogP contribution >= 0.6 is 0 Å². The largest absolute Gasteiger partial charge is 0.395 e. The molecule has 104 valence electrons. The number of benzene rings is 1. The van der Waals surface area contributed by atoms with Gasteiger partial charge in [0, 0.05) is 20.2 Å². The summed E-state index contributed by atoms with van der Waals surface area (Å²) in [6.07, 6.45) is 0. The third-order valence-corrected chi connectivity index (χ3v) is 4.48. The topological polar surface area (TPSA) is 90.6 Å². The van der Waals surface area contributed by atoms with Crippen molar-refractivity contribution in [2.24, 2.45) is 0 Å². The van der Waals surface area contributed by atoms with E-state index in [2.05, 4.69) is 0 Å². The smallest absolute Gasteiger partial charge is 0.244 e. The molecule has 0 aromatic heterocycles. The lowest BCUT2D eigenvalue weighted by atomic mass is 10.2. The van der Waals surface area contributed by atoms with E-state index >= 15 is 0 Å². The highest BCUT2D eigenvalue weighted by molar-refractivity contribution is 7.89. The van der Waals surface area contributed by atoms with Crippen LogP contribution in [-0.4, -0.2) is 51.2 Å². The number of hydrogen-bond acceptors (Lipinski definition) is 5. The Labute approximate surface area is 112 Å². The maximum absolute atomic E-state index is 12.4. The van der Waals surface area contributed by atoms with Gasteiger partial charge in [0.2, 0.25) is 10.0 Å². The first-order chi connectivity index (χ1) is 9.07. The molecule has 19 heavy (non-hydrogen) atoms. The van der Waals surface area contributed by atoms with E-state index in [0.717, 1.165) is 4.31 Å². The van der Waals surface area contributed by atoms with Crippen molar-refractivity contribution in [3.63, 3.8) is 0 Å². The van der Waals surface area contributed by atoms with Crippen LogP contribution in [0.25, 0.3) is 0 Å². The zero-order valence-corrected chi connectivity index (χ0v) is 11.4. The number of methoxy groups -OCH3 is 1. The van der Waals surface area contributed by atoms with Crippen LogP contribution in [0.2, 0.25) is 0 Å². The number of sulfonamides is 1. The molecule has 6 nitrogen and oxygen atoms in total. The molecule has 0 unspecified atom stereocenters. The number of hydrogen-bond donors (Lipinski definition) is 1. The Kier molecular flexibility index (Phi) is 5.92. The third kappa shape index (κ3) is 3.75. The molecule has 0 aliphatic heterocycles.